The van der Waals surface area contributed by atoms with Crippen LogP contribution in [0.1, 0.15) is 36.5 Å². The summed E-state index contributed by atoms with van der Waals surface area (Å²) in [5.41, 5.74) is 1.22. The van der Waals surface area contributed by atoms with Crippen LogP contribution < -0.4 is 4.90 Å². The molecular weight excluding hydrogens is 282 g/mol. The number of halogens is 1. The Bertz CT molecular complexity index is 433. The van der Waals surface area contributed by atoms with Gasteiger partial charge in [0.25, 0.3) is 0 Å². The van der Waals surface area contributed by atoms with Gasteiger partial charge in [-0.05, 0) is 44.4 Å². The maximum Gasteiger partial charge on any atom is 0.337 e. The van der Waals surface area contributed by atoms with Gasteiger partial charge in [-0.25, -0.2) is 4.79 Å². The molecule has 1 aromatic rings. The van der Waals surface area contributed by atoms with Crippen molar-refractivity contribution in [2.45, 2.75) is 32.2 Å². The average molecular weight is 298 g/mol. The topological polar surface area (TPSA) is 40.5 Å². The Kier molecular flexibility index (Phi) is 3.72. The van der Waals surface area contributed by atoms with Gasteiger partial charge < -0.3 is 10.0 Å². The molecule has 0 aromatic heterocycles. The average Bonchev–Trinajstić information content (AvgIpc) is 2.29. The molecule has 1 atom stereocenters. The Morgan fingerprint density at radius 1 is 1.47 bits per heavy atom. The van der Waals surface area contributed by atoms with Crippen LogP contribution >= 0.6 is 15.9 Å². The third-order valence-corrected chi connectivity index (χ3v) is 3.80. The molecule has 0 aliphatic carbocycles. The summed E-state index contributed by atoms with van der Waals surface area (Å²) in [5.74, 6) is -0.856. The number of hydrogen-bond acceptors (Lipinski definition) is 2. The predicted octanol–water partition coefficient (Wildman–Crippen LogP) is 3.53. The highest BCUT2D eigenvalue weighted by Crippen LogP contribution is 2.30. The Balaban J connectivity index is 2.41. The maximum atomic E-state index is 11.2. The normalized spacial score (nSPS) is 20.4. The van der Waals surface area contributed by atoms with Crippen LogP contribution in [0.25, 0.3) is 0 Å². The molecule has 1 aliphatic rings. The van der Waals surface area contributed by atoms with Gasteiger partial charge in [0, 0.05) is 17.1 Å². The van der Waals surface area contributed by atoms with Crippen molar-refractivity contribution in [2.24, 2.45) is 0 Å². The first-order valence-electron chi connectivity index (χ1n) is 5.89. The largest absolute Gasteiger partial charge is 0.478 e. The van der Waals surface area contributed by atoms with Gasteiger partial charge in [-0.2, -0.15) is 0 Å². The summed E-state index contributed by atoms with van der Waals surface area (Å²) in [5, 5.41) is 9.23. The van der Waals surface area contributed by atoms with Crippen molar-refractivity contribution in [2.75, 3.05) is 11.4 Å². The fraction of sp³-hybridized carbons (Fsp3) is 0.462. The third kappa shape index (κ3) is 2.63. The van der Waals surface area contributed by atoms with Crippen LogP contribution in [-0.2, 0) is 0 Å². The number of anilines is 1. The standard InChI is InChI=1S/C13H16BrNO2/c1-9-4-2-3-7-15(9)12-8-10(14)5-6-11(12)13(16)17/h5-6,8-9H,2-4,7H2,1H3,(H,16,17). The molecule has 0 radical (unpaired) electrons. The summed E-state index contributed by atoms with van der Waals surface area (Å²) >= 11 is 3.41. The highest BCUT2D eigenvalue weighted by Gasteiger charge is 2.23. The van der Waals surface area contributed by atoms with Crippen molar-refractivity contribution in [3.05, 3.63) is 28.2 Å². The predicted molar refractivity (Wildman–Crippen MR) is 71.8 cm³/mol. The fourth-order valence-corrected chi connectivity index (χ4v) is 2.73. The highest BCUT2D eigenvalue weighted by molar-refractivity contribution is 9.10. The van der Waals surface area contributed by atoms with Gasteiger partial charge in [0.05, 0.1) is 11.3 Å². The Morgan fingerprint density at radius 3 is 2.88 bits per heavy atom. The molecule has 92 valence electrons. The molecule has 3 nitrogen and oxygen atoms in total. The van der Waals surface area contributed by atoms with Crippen molar-refractivity contribution in [3.8, 4) is 0 Å². The number of benzene rings is 1. The second-order valence-corrected chi connectivity index (χ2v) is 5.42. The number of rotatable bonds is 2. The van der Waals surface area contributed by atoms with E-state index in [0.717, 1.165) is 29.5 Å². The first-order valence-corrected chi connectivity index (χ1v) is 6.68. The molecule has 4 heteroatoms. The quantitative estimate of drug-likeness (QED) is 0.908. The van der Waals surface area contributed by atoms with E-state index in [4.69, 9.17) is 0 Å². The number of aromatic carboxylic acids is 1. The van der Waals surface area contributed by atoms with Crippen LogP contribution in [-0.4, -0.2) is 23.7 Å². The molecule has 0 spiro atoms. The first kappa shape index (κ1) is 12.4. The van der Waals surface area contributed by atoms with E-state index >= 15 is 0 Å². The molecule has 1 aromatic carbocycles. The Labute approximate surface area is 110 Å². The number of carboxylic acid groups (broad SMARTS) is 1. The summed E-state index contributed by atoms with van der Waals surface area (Å²) in [6.45, 7) is 3.10. The minimum atomic E-state index is -0.856. The number of piperidine rings is 1. The zero-order valence-electron chi connectivity index (χ0n) is 9.82. The number of carboxylic acids is 1. The molecule has 0 saturated carbocycles. The van der Waals surface area contributed by atoms with Gasteiger partial charge in [-0.1, -0.05) is 15.9 Å². The van der Waals surface area contributed by atoms with E-state index in [-0.39, 0.29) is 0 Å². The second kappa shape index (κ2) is 5.08. The molecule has 2 rings (SSSR count). The monoisotopic (exact) mass is 297 g/mol. The summed E-state index contributed by atoms with van der Waals surface area (Å²) in [4.78, 5) is 13.4. The van der Waals surface area contributed by atoms with E-state index in [0.29, 0.717) is 11.6 Å². The van der Waals surface area contributed by atoms with E-state index in [1.54, 1.807) is 12.1 Å². The lowest BCUT2D eigenvalue weighted by atomic mass is 10.0. The van der Waals surface area contributed by atoms with Crippen LogP contribution in [0.3, 0.4) is 0 Å². The van der Waals surface area contributed by atoms with Crippen molar-refractivity contribution >= 4 is 27.6 Å². The minimum absolute atomic E-state index is 0.391. The van der Waals surface area contributed by atoms with E-state index < -0.39 is 5.97 Å². The van der Waals surface area contributed by atoms with Crippen LogP contribution in [0.5, 0.6) is 0 Å². The molecule has 1 saturated heterocycles. The minimum Gasteiger partial charge on any atom is -0.478 e. The van der Waals surface area contributed by atoms with Gasteiger partial charge in [0.2, 0.25) is 0 Å². The number of hydrogen-bond donors (Lipinski definition) is 1. The molecule has 1 aliphatic heterocycles. The van der Waals surface area contributed by atoms with Crippen LogP contribution in [0.2, 0.25) is 0 Å². The van der Waals surface area contributed by atoms with Crippen LogP contribution in [0.4, 0.5) is 5.69 Å². The van der Waals surface area contributed by atoms with Crippen LogP contribution in [0.15, 0.2) is 22.7 Å². The summed E-state index contributed by atoms with van der Waals surface area (Å²) < 4.78 is 0.926. The first-order chi connectivity index (χ1) is 8.09. The van der Waals surface area contributed by atoms with Gasteiger partial charge in [0.1, 0.15) is 0 Å². The molecule has 1 fully saturated rings. The Morgan fingerprint density at radius 2 is 2.24 bits per heavy atom. The van der Waals surface area contributed by atoms with Crippen LogP contribution in [0, 0.1) is 0 Å². The zero-order valence-corrected chi connectivity index (χ0v) is 11.4. The number of carbonyl (C=O) groups is 1. The lowest BCUT2D eigenvalue weighted by Gasteiger charge is -2.36. The SMILES string of the molecule is CC1CCCCN1c1cc(Br)ccc1C(=O)O. The van der Waals surface area contributed by atoms with Gasteiger partial charge in [0.15, 0.2) is 0 Å². The summed E-state index contributed by atoms with van der Waals surface area (Å²) in [6, 6.07) is 5.77. The smallest absolute Gasteiger partial charge is 0.337 e. The lowest BCUT2D eigenvalue weighted by Crippen LogP contribution is -2.38. The van der Waals surface area contributed by atoms with Crippen molar-refractivity contribution in [1.29, 1.82) is 0 Å². The van der Waals surface area contributed by atoms with E-state index in [9.17, 15) is 9.90 Å². The lowest BCUT2D eigenvalue weighted by molar-refractivity contribution is 0.0697. The molecule has 1 heterocycles. The molecular formula is C13H16BrNO2. The van der Waals surface area contributed by atoms with E-state index in [1.807, 2.05) is 6.07 Å². The molecule has 0 amide bonds. The Hall–Kier alpha value is -1.03. The van der Waals surface area contributed by atoms with Gasteiger partial charge in [-0.3, -0.25) is 0 Å². The second-order valence-electron chi connectivity index (χ2n) is 4.50. The fourth-order valence-electron chi connectivity index (χ4n) is 2.38. The number of nitrogens with zero attached hydrogens (tertiary/aromatic N) is 1. The summed E-state index contributed by atoms with van der Waals surface area (Å²) in [6.07, 6.45) is 3.50. The summed E-state index contributed by atoms with van der Waals surface area (Å²) in [7, 11) is 0. The molecule has 1 N–H and O–H groups in total. The van der Waals surface area contributed by atoms with Crippen molar-refractivity contribution < 1.29 is 9.90 Å². The van der Waals surface area contributed by atoms with Crippen molar-refractivity contribution in [3.63, 3.8) is 0 Å². The van der Waals surface area contributed by atoms with Gasteiger partial charge in [-0.15, -0.1) is 0 Å². The van der Waals surface area contributed by atoms with E-state index in [1.165, 1.54) is 6.42 Å². The maximum absolute atomic E-state index is 11.2. The zero-order chi connectivity index (χ0) is 12.4. The molecule has 0 bridgehead atoms. The highest BCUT2D eigenvalue weighted by atomic mass is 79.9. The molecule has 1 unspecified atom stereocenters. The van der Waals surface area contributed by atoms with Crippen molar-refractivity contribution in [1.82, 2.24) is 0 Å². The molecule has 17 heavy (non-hydrogen) atoms. The van der Waals surface area contributed by atoms with E-state index in [2.05, 4.69) is 27.8 Å². The third-order valence-electron chi connectivity index (χ3n) is 3.30. The van der Waals surface area contributed by atoms with Gasteiger partial charge >= 0.3 is 5.97 Å².